The van der Waals surface area contributed by atoms with Crippen molar-refractivity contribution in [2.75, 3.05) is 5.43 Å². The van der Waals surface area contributed by atoms with Gasteiger partial charge in [-0.25, -0.2) is 14.8 Å². The second-order valence-electron chi connectivity index (χ2n) is 5.36. The predicted molar refractivity (Wildman–Crippen MR) is 90.2 cm³/mol. The van der Waals surface area contributed by atoms with Gasteiger partial charge in [-0.05, 0) is 18.2 Å². The molecule has 24 heavy (non-hydrogen) atoms. The van der Waals surface area contributed by atoms with Crippen LogP contribution in [0.3, 0.4) is 0 Å². The highest BCUT2D eigenvalue weighted by atomic mass is 16.2. The number of rotatable bonds is 3. The van der Waals surface area contributed by atoms with Crippen LogP contribution < -0.4 is 11.0 Å². The van der Waals surface area contributed by atoms with Gasteiger partial charge in [0.2, 0.25) is 5.91 Å². The minimum atomic E-state index is -0.268. The smallest absolute Gasteiger partial charge is 0.272 e. The minimum Gasteiger partial charge on any atom is -0.273 e. The van der Waals surface area contributed by atoms with Crippen LogP contribution >= 0.6 is 0 Å². The van der Waals surface area contributed by atoms with Crippen molar-refractivity contribution in [2.24, 2.45) is 0 Å². The number of aromatic nitrogens is 4. The monoisotopic (exact) mass is 319 g/mol. The van der Waals surface area contributed by atoms with E-state index in [0.29, 0.717) is 16.5 Å². The first kappa shape index (κ1) is 14.1. The number of carbonyl (C=O) groups excluding carboxylic acids is 1. The maximum absolute atomic E-state index is 12.4. The first-order valence-corrected chi connectivity index (χ1v) is 7.40. The highest BCUT2D eigenvalue weighted by Gasteiger charge is 2.12. The molecule has 1 amide bonds. The molecule has 2 heterocycles. The van der Waals surface area contributed by atoms with Gasteiger partial charge in [0.15, 0.2) is 0 Å². The molecule has 2 N–H and O–H groups in total. The molecule has 0 unspecified atom stereocenters. The topological polar surface area (TPSA) is 92.7 Å². The lowest BCUT2D eigenvalue weighted by atomic mass is 10.1. The summed E-state index contributed by atoms with van der Waals surface area (Å²) < 4.78 is 1.57. The number of H-pyrrole nitrogens is 1. The number of fused-ring (bicyclic) bond motifs is 2. The van der Waals surface area contributed by atoms with Crippen LogP contribution in [0.1, 0.15) is 5.69 Å². The number of nitrogens with zero attached hydrogens (tertiary/aromatic N) is 3. The number of hydrogen-bond acceptors (Lipinski definition) is 4. The van der Waals surface area contributed by atoms with Crippen molar-refractivity contribution in [3.63, 3.8) is 0 Å². The zero-order valence-electron chi connectivity index (χ0n) is 12.6. The molecule has 2 aromatic heterocycles. The second-order valence-corrected chi connectivity index (χ2v) is 5.36. The second kappa shape index (κ2) is 5.62. The summed E-state index contributed by atoms with van der Waals surface area (Å²) in [7, 11) is 0. The Balaban J connectivity index is 1.63. The van der Waals surface area contributed by atoms with Crippen molar-refractivity contribution >= 4 is 27.7 Å². The van der Waals surface area contributed by atoms with Gasteiger partial charge in [-0.2, -0.15) is 5.10 Å². The Morgan fingerprint density at radius 3 is 2.71 bits per heavy atom. The van der Waals surface area contributed by atoms with Crippen molar-refractivity contribution in [1.82, 2.24) is 19.9 Å². The van der Waals surface area contributed by atoms with Crippen molar-refractivity contribution in [3.05, 3.63) is 70.9 Å². The third-order valence-corrected chi connectivity index (χ3v) is 3.80. The fourth-order valence-corrected chi connectivity index (χ4v) is 2.68. The van der Waals surface area contributed by atoms with E-state index in [1.54, 1.807) is 29.2 Å². The molecule has 4 rings (SSSR count). The van der Waals surface area contributed by atoms with Crippen LogP contribution in [0, 0.1) is 0 Å². The summed E-state index contributed by atoms with van der Waals surface area (Å²) in [5.74, 6) is -0.247. The molecule has 2 aromatic carbocycles. The van der Waals surface area contributed by atoms with Crippen LogP contribution in [-0.4, -0.2) is 25.8 Å². The SMILES string of the molecule is O=C(Cc1n[nH]c(=O)c2ccccc12)Nn1cnc2ccccc21. The summed E-state index contributed by atoms with van der Waals surface area (Å²) in [6.07, 6.45) is 1.60. The molecule has 0 saturated heterocycles. The van der Waals surface area contributed by atoms with E-state index in [1.807, 2.05) is 30.3 Å². The first-order valence-electron chi connectivity index (χ1n) is 7.40. The number of para-hydroxylation sites is 2. The summed E-state index contributed by atoms with van der Waals surface area (Å²) in [6, 6.07) is 14.6. The molecule has 0 radical (unpaired) electrons. The van der Waals surface area contributed by atoms with Gasteiger partial charge in [-0.15, -0.1) is 0 Å². The highest BCUT2D eigenvalue weighted by molar-refractivity contribution is 5.92. The summed E-state index contributed by atoms with van der Waals surface area (Å²) in [4.78, 5) is 28.4. The summed E-state index contributed by atoms with van der Waals surface area (Å²) >= 11 is 0. The molecule has 0 atom stereocenters. The Labute approximate surface area is 135 Å². The standard InChI is InChI=1S/C17H13N5O2/c23-16(21-22-10-18-13-7-3-4-8-15(13)22)9-14-11-5-1-2-6-12(11)17(24)20-19-14/h1-8,10H,9H2,(H,20,24)(H,21,23). The normalized spacial score (nSPS) is 11.0. The summed E-state index contributed by atoms with van der Waals surface area (Å²) in [5, 5.41) is 7.64. The number of hydrogen-bond donors (Lipinski definition) is 2. The third kappa shape index (κ3) is 2.41. The predicted octanol–water partition coefficient (Wildman–Crippen LogP) is 1.59. The molecule has 0 aliphatic carbocycles. The van der Waals surface area contributed by atoms with Crippen LogP contribution in [0.25, 0.3) is 21.8 Å². The summed E-state index contributed by atoms with van der Waals surface area (Å²) in [6.45, 7) is 0. The molecule has 0 bridgehead atoms. The molecule has 4 aromatic rings. The van der Waals surface area contributed by atoms with Crippen molar-refractivity contribution in [1.29, 1.82) is 0 Å². The molecule has 7 heteroatoms. The van der Waals surface area contributed by atoms with E-state index in [1.165, 1.54) is 0 Å². The van der Waals surface area contributed by atoms with E-state index >= 15 is 0 Å². The highest BCUT2D eigenvalue weighted by Crippen LogP contribution is 2.13. The largest absolute Gasteiger partial charge is 0.273 e. The van der Waals surface area contributed by atoms with Gasteiger partial charge < -0.3 is 0 Å². The maximum Gasteiger partial charge on any atom is 0.272 e. The zero-order chi connectivity index (χ0) is 16.5. The van der Waals surface area contributed by atoms with Gasteiger partial charge in [-0.3, -0.25) is 15.0 Å². The molecule has 0 saturated carbocycles. The van der Waals surface area contributed by atoms with E-state index in [4.69, 9.17) is 0 Å². The van der Waals surface area contributed by atoms with E-state index in [2.05, 4.69) is 20.6 Å². The first-order chi connectivity index (χ1) is 11.7. The minimum absolute atomic E-state index is 0.0454. The molecule has 118 valence electrons. The summed E-state index contributed by atoms with van der Waals surface area (Å²) in [5.41, 5.74) is 4.64. The van der Waals surface area contributed by atoms with Crippen LogP contribution in [0.4, 0.5) is 0 Å². The van der Waals surface area contributed by atoms with Gasteiger partial charge >= 0.3 is 0 Å². The van der Waals surface area contributed by atoms with Crippen LogP contribution in [-0.2, 0) is 11.2 Å². The van der Waals surface area contributed by atoms with Gasteiger partial charge in [0, 0.05) is 5.39 Å². The van der Waals surface area contributed by atoms with Gasteiger partial charge in [0.1, 0.15) is 6.33 Å². The van der Waals surface area contributed by atoms with Crippen molar-refractivity contribution in [3.8, 4) is 0 Å². The number of carbonyl (C=O) groups is 1. The lowest BCUT2D eigenvalue weighted by Crippen LogP contribution is -2.25. The van der Waals surface area contributed by atoms with Crippen molar-refractivity contribution in [2.45, 2.75) is 6.42 Å². The Bertz CT molecular complexity index is 1110. The molecular weight excluding hydrogens is 306 g/mol. The fraction of sp³-hybridized carbons (Fsp3) is 0.0588. The average molecular weight is 319 g/mol. The zero-order valence-corrected chi connectivity index (χ0v) is 12.6. The van der Waals surface area contributed by atoms with E-state index in [0.717, 1.165) is 11.0 Å². The Hall–Kier alpha value is -3.48. The van der Waals surface area contributed by atoms with Crippen molar-refractivity contribution < 1.29 is 4.79 Å². The number of aromatic amines is 1. The number of benzene rings is 2. The number of nitrogens with one attached hydrogen (secondary N) is 2. The fourth-order valence-electron chi connectivity index (χ4n) is 2.68. The van der Waals surface area contributed by atoms with Crippen LogP contribution in [0.5, 0.6) is 0 Å². The maximum atomic E-state index is 12.4. The lowest BCUT2D eigenvalue weighted by molar-refractivity contribution is -0.116. The van der Waals surface area contributed by atoms with E-state index in [9.17, 15) is 9.59 Å². The van der Waals surface area contributed by atoms with Crippen LogP contribution in [0.2, 0.25) is 0 Å². The average Bonchev–Trinajstić information content (AvgIpc) is 3.01. The van der Waals surface area contributed by atoms with Gasteiger partial charge in [0.05, 0.1) is 28.5 Å². The number of imidazole rings is 1. The Morgan fingerprint density at radius 1 is 1.08 bits per heavy atom. The van der Waals surface area contributed by atoms with Crippen LogP contribution in [0.15, 0.2) is 59.7 Å². The molecular formula is C17H13N5O2. The number of amides is 1. The van der Waals surface area contributed by atoms with Gasteiger partial charge in [0.25, 0.3) is 5.56 Å². The Kier molecular flexibility index (Phi) is 3.31. The third-order valence-electron chi connectivity index (χ3n) is 3.80. The van der Waals surface area contributed by atoms with Gasteiger partial charge in [-0.1, -0.05) is 30.3 Å². The van der Waals surface area contributed by atoms with E-state index in [-0.39, 0.29) is 17.9 Å². The molecule has 0 spiro atoms. The molecule has 0 fully saturated rings. The molecule has 7 nitrogen and oxygen atoms in total. The molecule has 0 aliphatic rings. The lowest BCUT2D eigenvalue weighted by Gasteiger charge is -2.08. The molecule has 0 aliphatic heterocycles. The quantitative estimate of drug-likeness (QED) is 0.600. The Morgan fingerprint density at radius 2 is 1.83 bits per heavy atom. The van der Waals surface area contributed by atoms with E-state index < -0.39 is 0 Å².